The lowest BCUT2D eigenvalue weighted by Crippen LogP contribution is -2.10. The van der Waals surface area contributed by atoms with Gasteiger partial charge in [-0.15, -0.1) is 10.2 Å². The van der Waals surface area contributed by atoms with E-state index in [1.807, 2.05) is 19.1 Å². The number of halogens is 1. The molecule has 0 fully saturated rings. The molecule has 0 amide bonds. The van der Waals surface area contributed by atoms with Crippen molar-refractivity contribution in [2.24, 2.45) is 0 Å². The molecule has 2 rings (SSSR count). The minimum absolute atomic E-state index is 0.194. The highest BCUT2D eigenvalue weighted by Crippen LogP contribution is 2.16. The first kappa shape index (κ1) is 14.0. The third-order valence-electron chi connectivity index (χ3n) is 2.57. The predicted molar refractivity (Wildman–Crippen MR) is 70.4 cm³/mol. The summed E-state index contributed by atoms with van der Waals surface area (Å²) in [4.78, 5) is 3.93. The molecule has 0 bridgehead atoms. The highest BCUT2D eigenvalue weighted by molar-refractivity contribution is 8.13. The summed E-state index contributed by atoms with van der Waals surface area (Å²) < 4.78 is 24.4. The van der Waals surface area contributed by atoms with Gasteiger partial charge in [0.25, 0.3) is 14.2 Å². The molecule has 0 aliphatic carbocycles. The number of aromatic nitrogens is 4. The Kier molecular flexibility index (Phi) is 4.16. The van der Waals surface area contributed by atoms with Crippen LogP contribution < -0.4 is 0 Å². The van der Waals surface area contributed by atoms with Gasteiger partial charge in [0.05, 0.1) is 0 Å². The van der Waals surface area contributed by atoms with Gasteiger partial charge in [-0.3, -0.25) is 4.98 Å². The number of pyridine rings is 1. The SMILES string of the molecule is CCCn1c(Cc2ccncc2)nnc1S(=O)(=O)Cl. The zero-order valence-electron chi connectivity index (χ0n) is 10.3. The second-order valence-electron chi connectivity index (χ2n) is 4.02. The number of nitrogens with zero attached hydrogens (tertiary/aromatic N) is 4. The van der Waals surface area contributed by atoms with E-state index in [2.05, 4.69) is 15.2 Å². The van der Waals surface area contributed by atoms with Crippen LogP contribution >= 0.6 is 10.7 Å². The van der Waals surface area contributed by atoms with E-state index >= 15 is 0 Å². The molecule has 102 valence electrons. The molecule has 0 atom stereocenters. The van der Waals surface area contributed by atoms with Gasteiger partial charge in [-0.1, -0.05) is 6.92 Å². The van der Waals surface area contributed by atoms with Crippen molar-refractivity contribution in [1.29, 1.82) is 0 Å². The van der Waals surface area contributed by atoms with Gasteiger partial charge in [-0.05, 0) is 24.1 Å². The van der Waals surface area contributed by atoms with Gasteiger partial charge >= 0.3 is 0 Å². The van der Waals surface area contributed by atoms with Crippen LogP contribution in [0.1, 0.15) is 24.7 Å². The van der Waals surface area contributed by atoms with Gasteiger partial charge in [0.2, 0.25) is 0 Å². The average Bonchev–Trinajstić information content (AvgIpc) is 2.74. The molecule has 0 aliphatic heterocycles. The van der Waals surface area contributed by atoms with E-state index in [4.69, 9.17) is 10.7 Å². The second-order valence-corrected chi connectivity index (χ2v) is 6.48. The van der Waals surface area contributed by atoms with Crippen LogP contribution in [-0.2, 0) is 22.0 Å². The summed E-state index contributed by atoms with van der Waals surface area (Å²) in [6, 6.07) is 3.69. The van der Waals surface area contributed by atoms with E-state index in [9.17, 15) is 8.42 Å². The zero-order valence-corrected chi connectivity index (χ0v) is 11.9. The van der Waals surface area contributed by atoms with E-state index in [0.717, 1.165) is 12.0 Å². The number of rotatable bonds is 5. The van der Waals surface area contributed by atoms with Crippen LogP contribution in [0.5, 0.6) is 0 Å². The topological polar surface area (TPSA) is 77.7 Å². The molecule has 2 heterocycles. The molecular formula is C11H13ClN4O2S. The summed E-state index contributed by atoms with van der Waals surface area (Å²) in [6.07, 6.45) is 4.60. The second kappa shape index (κ2) is 5.66. The smallest absolute Gasteiger partial charge is 0.296 e. The Hall–Kier alpha value is -1.47. The third kappa shape index (κ3) is 3.30. The minimum atomic E-state index is -3.88. The standard InChI is InChI=1S/C11H13ClN4O2S/c1-2-7-16-10(8-9-3-5-13-6-4-9)14-15-11(16)19(12,17)18/h3-6H,2,7-8H2,1H3. The summed E-state index contributed by atoms with van der Waals surface area (Å²) in [5.74, 6) is 0.576. The van der Waals surface area contributed by atoms with E-state index < -0.39 is 9.05 Å². The lowest BCUT2D eigenvalue weighted by Gasteiger charge is -2.07. The quantitative estimate of drug-likeness (QED) is 0.784. The van der Waals surface area contributed by atoms with Crippen molar-refractivity contribution in [1.82, 2.24) is 19.7 Å². The van der Waals surface area contributed by atoms with Crippen LogP contribution in [0.15, 0.2) is 29.7 Å². The molecule has 0 saturated heterocycles. The highest BCUT2D eigenvalue weighted by atomic mass is 35.7. The van der Waals surface area contributed by atoms with Crippen LogP contribution in [0.25, 0.3) is 0 Å². The first-order valence-electron chi connectivity index (χ1n) is 5.78. The van der Waals surface area contributed by atoms with Gasteiger partial charge in [0, 0.05) is 36.0 Å². The molecular weight excluding hydrogens is 288 g/mol. The van der Waals surface area contributed by atoms with Crippen LogP contribution in [0.2, 0.25) is 0 Å². The molecule has 2 aromatic rings. The molecule has 0 unspecified atom stereocenters. The van der Waals surface area contributed by atoms with Crippen LogP contribution in [0.4, 0.5) is 0 Å². The third-order valence-corrected chi connectivity index (χ3v) is 3.72. The fraction of sp³-hybridized carbons (Fsp3) is 0.364. The van der Waals surface area contributed by atoms with Gasteiger partial charge in [0.15, 0.2) is 0 Å². The predicted octanol–water partition coefficient (Wildman–Crippen LogP) is 1.60. The van der Waals surface area contributed by atoms with Crippen molar-refractivity contribution in [3.05, 3.63) is 35.9 Å². The van der Waals surface area contributed by atoms with Crippen molar-refractivity contribution in [2.75, 3.05) is 0 Å². The molecule has 0 aromatic carbocycles. The number of hydrogen-bond donors (Lipinski definition) is 0. The van der Waals surface area contributed by atoms with Crippen LogP contribution in [-0.4, -0.2) is 28.2 Å². The Balaban J connectivity index is 2.39. The Bertz CT molecular complexity index is 655. The fourth-order valence-electron chi connectivity index (χ4n) is 1.76. The maximum atomic E-state index is 11.4. The van der Waals surface area contributed by atoms with Gasteiger partial charge < -0.3 is 4.57 Å². The van der Waals surface area contributed by atoms with E-state index in [1.54, 1.807) is 17.0 Å². The van der Waals surface area contributed by atoms with Crippen molar-refractivity contribution < 1.29 is 8.42 Å². The molecule has 19 heavy (non-hydrogen) atoms. The first-order chi connectivity index (χ1) is 9.02. The normalized spacial score (nSPS) is 11.7. The highest BCUT2D eigenvalue weighted by Gasteiger charge is 2.22. The monoisotopic (exact) mass is 300 g/mol. The van der Waals surface area contributed by atoms with Crippen LogP contribution in [0.3, 0.4) is 0 Å². The number of hydrogen-bond acceptors (Lipinski definition) is 5. The lowest BCUT2D eigenvalue weighted by atomic mass is 10.2. The van der Waals surface area contributed by atoms with Crippen molar-refractivity contribution in [3.8, 4) is 0 Å². The molecule has 6 nitrogen and oxygen atoms in total. The van der Waals surface area contributed by atoms with Gasteiger partial charge in [-0.2, -0.15) is 0 Å². The maximum Gasteiger partial charge on any atom is 0.296 e. The Morgan fingerprint density at radius 3 is 2.53 bits per heavy atom. The first-order valence-corrected chi connectivity index (χ1v) is 8.09. The molecule has 0 saturated carbocycles. The summed E-state index contributed by atoms with van der Waals surface area (Å²) in [5.41, 5.74) is 0.985. The average molecular weight is 301 g/mol. The Labute approximate surface area is 115 Å². The maximum absolute atomic E-state index is 11.4. The van der Waals surface area contributed by atoms with Crippen molar-refractivity contribution >= 4 is 19.7 Å². The largest absolute Gasteiger partial charge is 0.301 e. The van der Waals surface area contributed by atoms with Crippen molar-refractivity contribution in [2.45, 2.75) is 31.5 Å². The molecule has 0 spiro atoms. The molecule has 0 N–H and O–H groups in total. The Morgan fingerprint density at radius 2 is 1.95 bits per heavy atom. The molecule has 2 aromatic heterocycles. The van der Waals surface area contributed by atoms with Crippen LogP contribution in [0, 0.1) is 0 Å². The Morgan fingerprint density at radius 1 is 1.26 bits per heavy atom. The minimum Gasteiger partial charge on any atom is -0.301 e. The fourth-order valence-corrected chi connectivity index (χ4v) is 2.70. The molecule has 0 aliphatic rings. The van der Waals surface area contributed by atoms with Gasteiger partial charge in [0.1, 0.15) is 5.82 Å². The van der Waals surface area contributed by atoms with E-state index in [-0.39, 0.29) is 5.16 Å². The summed E-state index contributed by atoms with van der Waals surface area (Å²) in [5, 5.41) is 7.41. The lowest BCUT2D eigenvalue weighted by molar-refractivity contribution is 0.558. The molecule has 0 radical (unpaired) electrons. The van der Waals surface area contributed by atoms with Crippen molar-refractivity contribution in [3.63, 3.8) is 0 Å². The summed E-state index contributed by atoms with van der Waals surface area (Å²) in [7, 11) is 1.48. The van der Waals surface area contributed by atoms with Gasteiger partial charge in [-0.25, -0.2) is 8.42 Å². The summed E-state index contributed by atoms with van der Waals surface area (Å²) in [6.45, 7) is 2.45. The molecule has 8 heteroatoms. The zero-order chi connectivity index (χ0) is 13.9. The van der Waals surface area contributed by atoms with E-state index in [1.165, 1.54) is 0 Å². The summed E-state index contributed by atoms with van der Waals surface area (Å²) >= 11 is 0. The van der Waals surface area contributed by atoms with E-state index in [0.29, 0.717) is 18.8 Å².